The fourth-order valence-electron chi connectivity index (χ4n) is 3.85. The first kappa shape index (κ1) is 15.9. The van der Waals surface area contributed by atoms with E-state index < -0.39 is 0 Å². The molecule has 0 radical (unpaired) electrons. The van der Waals surface area contributed by atoms with Gasteiger partial charge in [0.25, 0.3) is 0 Å². The molecule has 0 bridgehead atoms. The van der Waals surface area contributed by atoms with Gasteiger partial charge in [0.05, 0.1) is 23.4 Å². The molecule has 0 spiro atoms. The number of thiazole rings is 1. The minimum Gasteiger partial charge on any atom is -0.375 e. The highest BCUT2D eigenvalue weighted by molar-refractivity contribution is 7.09. The van der Waals surface area contributed by atoms with Gasteiger partial charge in [-0.1, -0.05) is 0 Å². The first-order valence-corrected chi connectivity index (χ1v) is 9.45. The number of aryl methyl sites for hydroxylation is 1. The van der Waals surface area contributed by atoms with Gasteiger partial charge in [-0.25, -0.2) is 15.0 Å². The van der Waals surface area contributed by atoms with Crippen LogP contribution in [0.4, 0.5) is 5.95 Å². The van der Waals surface area contributed by atoms with Crippen LogP contribution >= 0.6 is 11.3 Å². The van der Waals surface area contributed by atoms with Gasteiger partial charge in [-0.15, -0.1) is 11.3 Å². The summed E-state index contributed by atoms with van der Waals surface area (Å²) in [5, 5.41) is 6.68. The standard InChI is InChI=1S/C17H23N5OS/c1-12-21-14(11-24-12)10-22-7-8-23-16-13(3-4-15(16)22)9-20-17-18-5-2-6-19-17/h2,5-6,11,13,15-16H,3-4,7-10H2,1H3,(H,18,19,20). The minimum atomic E-state index is 0.301. The molecule has 7 heteroatoms. The highest BCUT2D eigenvalue weighted by atomic mass is 32.1. The molecule has 0 amide bonds. The first-order chi connectivity index (χ1) is 11.8. The van der Waals surface area contributed by atoms with Crippen LogP contribution < -0.4 is 5.32 Å². The molecule has 3 heterocycles. The SMILES string of the molecule is Cc1nc(CN2CCOC3C(CNc4ncccn4)CCC32)cs1. The highest BCUT2D eigenvalue weighted by Gasteiger charge is 2.42. The Morgan fingerprint density at radius 1 is 1.33 bits per heavy atom. The molecule has 24 heavy (non-hydrogen) atoms. The number of rotatable bonds is 5. The Balaban J connectivity index is 1.37. The van der Waals surface area contributed by atoms with E-state index in [0.717, 1.165) is 31.2 Å². The fraction of sp³-hybridized carbons (Fsp3) is 0.588. The van der Waals surface area contributed by atoms with Crippen LogP contribution in [-0.2, 0) is 11.3 Å². The maximum atomic E-state index is 6.14. The molecule has 3 atom stereocenters. The predicted molar refractivity (Wildman–Crippen MR) is 94.0 cm³/mol. The summed E-state index contributed by atoms with van der Waals surface area (Å²) < 4.78 is 6.14. The molecule has 3 unspecified atom stereocenters. The Morgan fingerprint density at radius 2 is 2.21 bits per heavy atom. The predicted octanol–water partition coefficient (Wildman–Crippen LogP) is 2.33. The third kappa shape index (κ3) is 3.43. The molecule has 0 aromatic carbocycles. The van der Waals surface area contributed by atoms with Gasteiger partial charge in [0.1, 0.15) is 0 Å². The third-order valence-corrected chi connectivity index (χ3v) is 5.78. The second kappa shape index (κ2) is 7.13. The minimum absolute atomic E-state index is 0.301. The van der Waals surface area contributed by atoms with E-state index in [0.29, 0.717) is 24.0 Å². The summed E-state index contributed by atoms with van der Waals surface area (Å²) in [5.41, 5.74) is 1.19. The lowest BCUT2D eigenvalue weighted by Crippen LogP contribution is -2.50. The van der Waals surface area contributed by atoms with Crippen molar-refractivity contribution in [3.8, 4) is 0 Å². The van der Waals surface area contributed by atoms with Gasteiger partial charge in [0.2, 0.25) is 5.95 Å². The van der Waals surface area contributed by atoms with Crippen molar-refractivity contribution in [2.75, 3.05) is 25.0 Å². The Bertz CT molecular complexity index is 664. The second-order valence-corrected chi connectivity index (χ2v) is 7.58. The number of nitrogens with zero attached hydrogens (tertiary/aromatic N) is 4. The van der Waals surface area contributed by atoms with E-state index in [1.807, 2.05) is 6.07 Å². The number of hydrogen-bond acceptors (Lipinski definition) is 7. The summed E-state index contributed by atoms with van der Waals surface area (Å²) in [5.74, 6) is 1.21. The van der Waals surface area contributed by atoms with Gasteiger partial charge in [-0.05, 0) is 25.8 Å². The normalized spacial score (nSPS) is 27.1. The summed E-state index contributed by atoms with van der Waals surface area (Å²) in [7, 11) is 0. The molecule has 2 aliphatic rings. The number of aromatic nitrogens is 3. The lowest BCUT2D eigenvalue weighted by molar-refractivity contribution is -0.0748. The largest absolute Gasteiger partial charge is 0.375 e. The fourth-order valence-corrected chi connectivity index (χ4v) is 4.46. The molecule has 2 fully saturated rings. The van der Waals surface area contributed by atoms with Crippen molar-refractivity contribution in [1.29, 1.82) is 0 Å². The maximum Gasteiger partial charge on any atom is 0.222 e. The number of anilines is 1. The number of fused-ring (bicyclic) bond motifs is 1. The summed E-state index contributed by atoms with van der Waals surface area (Å²) in [6.07, 6.45) is 6.20. The van der Waals surface area contributed by atoms with Crippen LogP contribution in [0.1, 0.15) is 23.5 Å². The molecular formula is C17H23N5OS. The average molecular weight is 345 g/mol. The highest BCUT2D eigenvalue weighted by Crippen LogP contribution is 2.35. The Morgan fingerprint density at radius 3 is 3.00 bits per heavy atom. The Hall–Kier alpha value is -1.57. The van der Waals surface area contributed by atoms with Crippen molar-refractivity contribution in [2.45, 2.75) is 38.5 Å². The Kier molecular flexibility index (Phi) is 4.73. The number of morpholine rings is 1. The van der Waals surface area contributed by atoms with Crippen molar-refractivity contribution in [1.82, 2.24) is 19.9 Å². The summed E-state index contributed by atoms with van der Waals surface area (Å²) in [4.78, 5) is 15.7. The van der Waals surface area contributed by atoms with Crippen LogP contribution in [0.5, 0.6) is 0 Å². The topological polar surface area (TPSA) is 63.2 Å². The average Bonchev–Trinajstić information content (AvgIpc) is 3.21. The smallest absolute Gasteiger partial charge is 0.222 e. The van der Waals surface area contributed by atoms with E-state index in [9.17, 15) is 0 Å². The van der Waals surface area contributed by atoms with Crippen LogP contribution in [0, 0.1) is 12.8 Å². The van der Waals surface area contributed by atoms with E-state index in [1.165, 1.54) is 18.5 Å². The van der Waals surface area contributed by atoms with Crippen molar-refractivity contribution in [2.24, 2.45) is 5.92 Å². The molecule has 1 saturated carbocycles. The molecule has 6 nitrogen and oxygen atoms in total. The zero-order chi connectivity index (χ0) is 16.4. The number of hydrogen-bond donors (Lipinski definition) is 1. The van der Waals surface area contributed by atoms with Crippen LogP contribution in [-0.4, -0.2) is 51.7 Å². The quantitative estimate of drug-likeness (QED) is 0.897. The Labute approximate surface area is 146 Å². The third-order valence-electron chi connectivity index (χ3n) is 4.95. The van der Waals surface area contributed by atoms with E-state index in [2.05, 4.69) is 37.5 Å². The zero-order valence-corrected chi connectivity index (χ0v) is 14.7. The molecule has 2 aromatic heterocycles. The van der Waals surface area contributed by atoms with Crippen LogP contribution in [0.2, 0.25) is 0 Å². The van der Waals surface area contributed by atoms with E-state index in [-0.39, 0.29) is 0 Å². The van der Waals surface area contributed by atoms with Crippen molar-refractivity contribution in [3.05, 3.63) is 34.5 Å². The van der Waals surface area contributed by atoms with Crippen molar-refractivity contribution in [3.63, 3.8) is 0 Å². The number of ether oxygens (including phenoxy) is 1. The van der Waals surface area contributed by atoms with Crippen LogP contribution in [0.25, 0.3) is 0 Å². The monoisotopic (exact) mass is 345 g/mol. The van der Waals surface area contributed by atoms with Gasteiger partial charge >= 0.3 is 0 Å². The van der Waals surface area contributed by atoms with E-state index >= 15 is 0 Å². The maximum absolute atomic E-state index is 6.14. The molecule has 2 aromatic rings. The molecule has 1 N–H and O–H groups in total. The zero-order valence-electron chi connectivity index (χ0n) is 13.9. The molecule has 1 aliphatic carbocycles. The van der Waals surface area contributed by atoms with E-state index in [4.69, 9.17) is 4.74 Å². The lowest BCUT2D eigenvalue weighted by Gasteiger charge is -2.39. The molecule has 128 valence electrons. The van der Waals surface area contributed by atoms with Crippen LogP contribution in [0.3, 0.4) is 0 Å². The molecular weight excluding hydrogens is 322 g/mol. The molecule has 1 aliphatic heterocycles. The second-order valence-electron chi connectivity index (χ2n) is 6.52. The summed E-state index contributed by atoms with van der Waals surface area (Å²) in [6, 6.07) is 2.34. The van der Waals surface area contributed by atoms with Gasteiger partial charge in [-0.2, -0.15) is 0 Å². The summed E-state index contributed by atoms with van der Waals surface area (Å²) in [6.45, 7) is 5.69. The van der Waals surface area contributed by atoms with Gasteiger partial charge in [0.15, 0.2) is 0 Å². The summed E-state index contributed by atoms with van der Waals surface area (Å²) >= 11 is 1.73. The van der Waals surface area contributed by atoms with Crippen molar-refractivity contribution < 1.29 is 4.74 Å². The van der Waals surface area contributed by atoms with Crippen LogP contribution in [0.15, 0.2) is 23.8 Å². The van der Waals surface area contributed by atoms with E-state index in [1.54, 1.807) is 23.7 Å². The first-order valence-electron chi connectivity index (χ1n) is 8.57. The van der Waals surface area contributed by atoms with Gasteiger partial charge in [0, 0.05) is 49.4 Å². The van der Waals surface area contributed by atoms with Crippen molar-refractivity contribution >= 4 is 17.3 Å². The van der Waals surface area contributed by atoms with Gasteiger partial charge in [-0.3, -0.25) is 4.90 Å². The lowest BCUT2D eigenvalue weighted by atomic mass is 10.0. The van der Waals surface area contributed by atoms with Gasteiger partial charge < -0.3 is 10.1 Å². The number of nitrogens with one attached hydrogen (secondary N) is 1. The molecule has 1 saturated heterocycles. The molecule has 4 rings (SSSR count).